The summed E-state index contributed by atoms with van der Waals surface area (Å²) < 4.78 is 2.05. The van der Waals surface area contributed by atoms with Gasteiger partial charge in [0.15, 0.2) is 5.17 Å². The quantitative estimate of drug-likeness (QED) is 0.800. The van der Waals surface area contributed by atoms with E-state index in [-0.39, 0.29) is 11.2 Å². The molecule has 1 fully saturated rings. The average molecular weight is 336 g/mol. The van der Waals surface area contributed by atoms with Crippen LogP contribution < -0.4 is 5.32 Å². The first-order valence-electron chi connectivity index (χ1n) is 7.72. The van der Waals surface area contributed by atoms with Gasteiger partial charge in [0.05, 0.1) is 22.0 Å². The van der Waals surface area contributed by atoms with Gasteiger partial charge < -0.3 is 9.88 Å². The van der Waals surface area contributed by atoms with Gasteiger partial charge in [-0.2, -0.15) is 0 Å². The number of aliphatic imine (C=N–C) groups is 1. The summed E-state index contributed by atoms with van der Waals surface area (Å²) in [4.78, 5) is 21.4. The fraction of sp³-hybridized carbons (Fsp3) is 0.167. The molecule has 3 aromatic rings. The molecule has 0 bridgehead atoms. The molecule has 1 unspecified atom stereocenters. The van der Waals surface area contributed by atoms with Crippen molar-refractivity contribution < 1.29 is 4.79 Å². The van der Waals surface area contributed by atoms with Crippen molar-refractivity contribution in [3.63, 3.8) is 0 Å². The highest BCUT2D eigenvalue weighted by Gasteiger charge is 2.31. The fourth-order valence-electron chi connectivity index (χ4n) is 2.76. The maximum Gasteiger partial charge on any atom is 0.239 e. The molecule has 6 heteroatoms. The Morgan fingerprint density at radius 1 is 1.17 bits per heavy atom. The Hall–Kier alpha value is -2.60. The number of nitrogens with one attached hydrogen (secondary N) is 1. The standard InChI is InChI=1S/C18H16N4OS/c1-22-14-10-6-5-9-13(14)20-16(22)11-15-17(23)21-18(24-15)19-12-7-3-2-4-8-12/h2-10,15H,11H2,1H3,(H,19,21,23). The van der Waals surface area contributed by atoms with E-state index >= 15 is 0 Å². The monoisotopic (exact) mass is 336 g/mol. The minimum Gasteiger partial charge on any atom is -0.331 e. The molecule has 120 valence electrons. The van der Waals surface area contributed by atoms with Crippen molar-refractivity contribution in [3.8, 4) is 0 Å². The lowest BCUT2D eigenvalue weighted by Crippen LogP contribution is -2.26. The lowest BCUT2D eigenvalue weighted by molar-refractivity contribution is -0.118. The summed E-state index contributed by atoms with van der Waals surface area (Å²) in [6.45, 7) is 0. The molecule has 2 heterocycles. The Balaban J connectivity index is 1.55. The second-order valence-corrected chi connectivity index (χ2v) is 6.82. The van der Waals surface area contributed by atoms with Crippen LogP contribution in [0, 0.1) is 0 Å². The Labute approximate surface area is 143 Å². The summed E-state index contributed by atoms with van der Waals surface area (Å²) in [6.07, 6.45) is 0.579. The Morgan fingerprint density at radius 3 is 2.71 bits per heavy atom. The van der Waals surface area contributed by atoms with E-state index in [1.54, 1.807) is 0 Å². The van der Waals surface area contributed by atoms with Crippen molar-refractivity contribution in [2.75, 3.05) is 0 Å². The molecule has 2 aromatic carbocycles. The number of hydrogen-bond donors (Lipinski definition) is 1. The molecule has 4 rings (SSSR count). The van der Waals surface area contributed by atoms with Gasteiger partial charge in [-0.15, -0.1) is 0 Å². The number of nitrogens with zero attached hydrogens (tertiary/aromatic N) is 3. The number of fused-ring (bicyclic) bond motifs is 1. The van der Waals surface area contributed by atoms with E-state index in [2.05, 4.69) is 19.9 Å². The third-order valence-electron chi connectivity index (χ3n) is 4.01. The van der Waals surface area contributed by atoms with Crippen LogP contribution in [0.5, 0.6) is 0 Å². The van der Waals surface area contributed by atoms with Crippen LogP contribution in [0.25, 0.3) is 11.0 Å². The number of imidazole rings is 1. The van der Waals surface area contributed by atoms with E-state index in [1.165, 1.54) is 11.8 Å². The molecule has 1 N–H and O–H groups in total. The molecule has 1 amide bonds. The predicted octanol–water partition coefficient (Wildman–Crippen LogP) is 3.04. The molecule has 1 aliphatic heterocycles. The van der Waals surface area contributed by atoms with Crippen molar-refractivity contribution in [3.05, 3.63) is 60.4 Å². The van der Waals surface area contributed by atoms with Crippen LogP contribution in [0.4, 0.5) is 5.69 Å². The Bertz CT molecular complexity index is 933. The number of aryl methyl sites for hydroxylation is 1. The first-order valence-corrected chi connectivity index (χ1v) is 8.60. The molecular formula is C18H16N4OS. The summed E-state index contributed by atoms with van der Waals surface area (Å²) in [6, 6.07) is 17.6. The number of aromatic nitrogens is 2. The smallest absolute Gasteiger partial charge is 0.239 e. The zero-order chi connectivity index (χ0) is 16.5. The molecule has 5 nitrogen and oxygen atoms in total. The second-order valence-electron chi connectivity index (χ2n) is 5.63. The number of para-hydroxylation sites is 3. The van der Waals surface area contributed by atoms with E-state index < -0.39 is 0 Å². The van der Waals surface area contributed by atoms with Gasteiger partial charge in [-0.3, -0.25) is 4.79 Å². The van der Waals surface area contributed by atoms with Crippen molar-refractivity contribution in [1.29, 1.82) is 0 Å². The zero-order valence-corrected chi connectivity index (χ0v) is 14.0. The van der Waals surface area contributed by atoms with E-state index in [1.807, 2.05) is 61.6 Å². The fourth-order valence-corrected chi connectivity index (χ4v) is 3.74. The third-order valence-corrected chi connectivity index (χ3v) is 5.09. The lowest BCUT2D eigenvalue weighted by atomic mass is 10.2. The molecule has 0 radical (unpaired) electrons. The largest absolute Gasteiger partial charge is 0.331 e. The van der Waals surface area contributed by atoms with Crippen molar-refractivity contribution in [1.82, 2.24) is 14.9 Å². The average Bonchev–Trinajstić information content (AvgIpc) is 3.09. The van der Waals surface area contributed by atoms with Gasteiger partial charge in [0.2, 0.25) is 5.91 Å². The van der Waals surface area contributed by atoms with Crippen LogP contribution in [0.3, 0.4) is 0 Å². The minimum atomic E-state index is -0.206. The highest BCUT2D eigenvalue weighted by Crippen LogP contribution is 2.26. The first-order chi connectivity index (χ1) is 11.7. The number of rotatable bonds is 3. The Morgan fingerprint density at radius 2 is 1.92 bits per heavy atom. The topological polar surface area (TPSA) is 59.3 Å². The third kappa shape index (κ3) is 2.80. The Kier molecular flexibility index (Phi) is 3.82. The van der Waals surface area contributed by atoms with Crippen LogP contribution >= 0.6 is 11.8 Å². The van der Waals surface area contributed by atoms with Crippen molar-refractivity contribution in [2.45, 2.75) is 11.7 Å². The van der Waals surface area contributed by atoms with Gasteiger partial charge in [-0.05, 0) is 24.3 Å². The summed E-state index contributed by atoms with van der Waals surface area (Å²) >= 11 is 1.46. The van der Waals surface area contributed by atoms with E-state index in [0.29, 0.717) is 11.6 Å². The number of carbonyl (C=O) groups is 1. The van der Waals surface area contributed by atoms with Crippen LogP contribution in [0.1, 0.15) is 5.82 Å². The van der Waals surface area contributed by atoms with Gasteiger partial charge in [0.1, 0.15) is 5.82 Å². The van der Waals surface area contributed by atoms with Crippen LogP contribution in [-0.4, -0.2) is 25.9 Å². The zero-order valence-electron chi connectivity index (χ0n) is 13.1. The van der Waals surface area contributed by atoms with E-state index in [4.69, 9.17) is 0 Å². The summed E-state index contributed by atoms with van der Waals surface area (Å²) in [7, 11) is 1.99. The van der Waals surface area contributed by atoms with Gasteiger partial charge in [0, 0.05) is 13.5 Å². The van der Waals surface area contributed by atoms with Gasteiger partial charge in [0.25, 0.3) is 0 Å². The van der Waals surface area contributed by atoms with Gasteiger partial charge >= 0.3 is 0 Å². The summed E-state index contributed by atoms with van der Waals surface area (Å²) in [5, 5.41) is 3.31. The first kappa shape index (κ1) is 15.0. The number of hydrogen-bond acceptors (Lipinski definition) is 4. The highest BCUT2D eigenvalue weighted by molar-refractivity contribution is 8.15. The molecule has 1 saturated heterocycles. The van der Waals surface area contributed by atoms with Crippen LogP contribution in [0.15, 0.2) is 59.6 Å². The number of amidine groups is 1. The SMILES string of the molecule is Cn1c(CC2SC(=Nc3ccccc3)NC2=O)nc2ccccc21. The number of benzene rings is 2. The number of carbonyl (C=O) groups excluding carboxylic acids is 1. The summed E-state index contributed by atoms with van der Waals surface area (Å²) in [5.74, 6) is 0.895. The number of amides is 1. The molecule has 1 aliphatic rings. The molecule has 24 heavy (non-hydrogen) atoms. The molecule has 0 aliphatic carbocycles. The maximum atomic E-state index is 12.3. The van der Waals surface area contributed by atoms with E-state index in [0.717, 1.165) is 22.5 Å². The molecule has 0 spiro atoms. The molecular weight excluding hydrogens is 320 g/mol. The lowest BCUT2D eigenvalue weighted by Gasteiger charge is -2.05. The van der Waals surface area contributed by atoms with Gasteiger partial charge in [-0.1, -0.05) is 42.1 Å². The second kappa shape index (κ2) is 6.13. The van der Waals surface area contributed by atoms with Crippen molar-refractivity contribution >= 4 is 39.6 Å². The molecule has 0 saturated carbocycles. The maximum absolute atomic E-state index is 12.3. The van der Waals surface area contributed by atoms with Crippen molar-refractivity contribution in [2.24, 2.45) is 12.0 Å². The summed E-state index contributed by atoms with van der Waals surface area (Å²) in [5.41, 5.74) is 2.87. The minimum absolute atomic E-state index is 0.0123. The van der Waals surface area contributed by atoms with E-state index in [9.17, 15) is 4.79 Å². The predicted molar refractivity (Wildman–Crippen MR) is 97.5 cm³/mol. The normalized spacial score (nSPS) is 19.1. The highest BCUT2D eigenvalue weighted by atomic mass is 32.2. The molecule has 1 atom stereocenters. The van der Waals surface area contributed by atoms with Crippen LogP contribution in [-0.2, 0) is 18.3 Å². The molecule has 1 aromatic heterocycles. The van der Waals surface area contributed by atoms with Crippen LogP contribution in [0.2, 0.25) is 0 Å². The van der Waals surface area contributed by atoms with Gasteiger partial charge in [-0.25, -0.2) is 9.98 Å². The number of thioether (sulfide) groups is 1.